The van der Waals surface area contributed by atoms with Gasteiger partial charge in [-0.3, -0.25) is 4.79 Å². The highest BCUT2D eigenvalue weighted by Gasteiger charge is 2.26. The zero-order valence-electron chi connectivity index (χ0n) is 16.2. The third kappa shape index (κ3) is 4.46. The third-order valence-corrected chi connectivity index (χ3v) is 5.58. The Kier molecular flexibility index (Phi) is 5.58. The minimum Gasteiger partial charge on any atom is -0.411 e. The van der Waals surface area contributed by atoms with Crippen LogP contribution in [-0.4, -0.2) is 16.0 Å². The Bertz CT molecular complexity index is 1100. The molecule has 0 saturated carbocycles. The number of thioether (sulfide) groups is 1. The maximum atomic E-state index is 13.2. The Morgan fingerprint density at radius 2 is 1.48 bits per heavy atom. The van der Waals surface area contributed by atoms with E-state index in [4.69, 9.17) is 4.42 Å². The highest BCUT2D eigenvalue weighted by atomic mass is 32.2. The van der Waals surface area contributed by atoms with Crippen LogP contribution in [0.2, 0.25) is 0 Å². The van der Waals surface area contributed by atoms with Gasteiger partial charge >= 0.3 is 0 Å². The van der Waals surface area contributed by atoms with Crippen LogP contribution in [0.5, 0.6) is 0 Å². The van der Waals surface area contributed by atoms with Crippen LogP contribution in [-0.2, 0) is 0 Å². The van der Waals surface area contributed by atoms with Gasteiger partial charge in [-0.25, -0.2) is 0 Å². The first-order valence-electron chi connectivity index (χ1n) is 9.33. The van der Waals surface area contributed by atoms with Crippen molar-refractivity contribution in [2.75, 3.05) is 0 Å². The van der Waals surface area contributed by atoms with E-state index in [1.165, 1.54) is 11.8 Å². The van der Waals surface area contributed by atoms with Crippen LogP contribution >= 0.6 is 11.8 Å². The summed E-state index contributed by atoms with van der Waals surface area (Å²) in [6.45, 7) is 4.07. The van der Waals surface area contributed by atoms with Gasteiger partial charge in [-0.15, -0.1) is 10.2 Å². The van der Waals surface area contributed by atoms with Crippen molar-refractivity contribution in [2.24, 2.45) is 0 Å². The number of aryl methyl sites for hydroxylation is 2. The molecule has 144 valence electrons. The zero-order chi connectivity index (χ0) is 20.2. The van der Waals surface area contributed by atoms with Crippen LogP contribution in [0.1, 0.15) is 32.3 Å². The van der Waals surface area contributed by atoms with Crippen molar-refractivity contribution in [3.8, 4) is 11.5 Å². The molecular formula is C24H20N2O2S. The molecule has 0 fully saturated rings. The predicted octanol–water partition coefficient (Wildman–Crippen LogP) is 6.07. The van der Waals surface area contributed by atoms with E-state index in [1.807, 2.05) is 86.6 Å². The zero-order valence-corrected chi connectivity index (χ0v) is 17.0. The van der Waals surface area contributed by atoms with Crippen molar-refractivity contribution in [3.63, 3.8) is 0 Å². The molecule has 0 unspecified atom stereocenters. The van der Waals surface area contributed by atoms with Crippen molar-refractivity contribution < 1.29 is 9.21 Å². The van der Waals surface area contributed by atoms with Gasteiger partial charge in [0.1, 0.15) is 5.25 Å². The van der Waals surface area contributed by atoms with E-state index in [-0.39, 0.29) is 5.78 Å². The molecule has 1 atom stereocenters. The van der Waals surface area contributed by atoms with Gasteiger partial charge in [0.05, 0.1) is 0 Å². The van der Waals surface area contributed by atoms with E-state index in [9.17, 15) is 4.79 Å². The van der Waals surface area contributed by atoms with E-state index < -0.39 is 5.25 Å². The van der Waals surface area contributed by atoms with Gasteiger partial charge in [-0.05, 0) is 43.3 Å². The fraction of sp³-hybridized carbons (Fsp3) is 0.125. The molecule has 0 aliphatic rings. The molecule has 29 heavy (non-hydrogen) atoms. The fourth-order valence-electron chi connectivity index (χ4n) is 3.23. The molecule has 0 amide bonds. The molecule has 3 aromatic carbocycles. The van der Waals surface area contributed by atoms with E-state index >= 15 is 0 Å². The molecule has 1 aromatic heterocycles. The lowest BCUT2D eigenvalue weighted by molar-refractivity contribution is 0.0989. The van der Waals surface area contributed by atoms with Crippen LogP contribution in [0.25, 0.3) is 11.5 Å². The smallest absolute Gasteiger partial charge is 0.277 e. The summed E-state index contributed by atoms with van der Waals surface area (Å²) in [5.41, 5.74) is 4.70. The van der Waals surface area contributed by atoms with Crippen LogP contribution in [0, 0.1) is 13.8 Å². The molecule has 4 rings (SSSR count). The lowest BCUT2D eigenvalue weighted by atomic mass is 10.0. The summed E-state index contributed by atoms with van der Waals surface area (Å²) < 4.78 is 5.91. The average Bonchev–Trinajstić information content (AvgIpc) is 3.21. The summed E-state index contributed by atoms with van der Waals surface area (Å²) in [7, 11) is 0. The number of carbonyl (C=O) groups is 1. The number of benzene rings is 3. The first kappa shape index (κ1) is 19.2. The molecule has 5 heteroatoms. The summed E-state index contributed by atoms with van der Waals surface area (Å²) in [6, 6.07) is 25.1. The van der Waals surface area contributed by atoms with Gasteiger partial charge in [0.15, 0.2) is 5.78 Å². The van der Waals surface area contributed by atoms with E-state index in [0.717, 1.165) is 22.3 Å². The van der Waals surface area contributed by atoms with Crippen molar-refractivity contribution in [1.82, 2.24) is 10.2 Å². The highest BCUT2D eigenvalue weighted by molar-refractivity contribution is 8.00. The fourth-order valence-corrected chi connectivity index (χ4v) is 4.18. The van der Waals surface area contributed by atoms with Crippen molar-refractivity contribution in [3.05, 3.63) is 101 Å². The van der Waals surface area contributed by atoms with Gasteiger partial charge in [0.25, 0.3) is 5.22 Å². The molecule has 1 heterocycles. The molecule has 0 aliphatic carbocycles. The summed E-state index contributed by atoms with van der Waals surface area (Å²) in [4.78, 5) is 13.2. The second kappa shape index (κ2) is 8.45. The number of carbonyl (C=O) groups excluding carboxylic acids is 1. The largest absolute Gasteiger partial charge is 0.411 e. The first-order chi connectivity index (χ1) is 14.1. The standard InChI is InChI=1S/C24H20N2O2S/c1-16-13-17(2)15-20(14-16)23-25-26-24(28-23)29-22(19-11-7-4-8-12-19)21(27)18-9-5-3-6-10-18/h3-15,22H,1-2H3/t22-/m0/s1. The number of ketones is 1. The maximum absolute atomic E-state index is 13.2. The Hall–Kier alpha value is -3.18. The predicted molar refractivity (Wildman–Crippen MR) is 115 cm³/mol. The minimum atomic E-state index is -0.467. The lowest BCUT2D eigenvalue weighted by Gasteiger charge is -2.14. The van der Waals surface area contributed by atoms with E-state index in [2.05, 4.69) is 16.3 Å². The van der Waals surface area contributed by atoms with Gasteiger partial charge in [-0.2, -0.15) is 0 Å². The summed E-state index contributed by atoms with van der Waals surface area (Å²) in [6.07, 6.45) is 0. The molecule has 0 radical (unpaired) electrons. The average molecular weight is 401 g/mol. The number of hydrogen-bond acceptors (Lipinski definition) is 5. The molecule has 0 saturated heterocycles. The highest BCUT2D eigenvalue weighted by Crippen LogP contribution is 2.38. The second-order valence-corrected chi connectivity index (χ2v) is 7.94. The van der Waals surface area contributed by atoms with Gasteiger partial charge in [0, 0.05) is 11.1 Å². The van der Waals surface area contributed by atoms with Crippen molar-refractivity contribution >= 4 is 17.5 Å². The number of hydrogen-bond donors (Lipinski definition) is 0. The van der Waals surface area contributed by atoms with Gasteiger partial charge in [-0.1, -0.05) is 77.9 Å². The molecule has 4 nitrogen and oxygen atoms in total. The normalized spacial score (nSPS) is 11.9. The number of Topliss-reactive ketones (excluding diaryl/α,β-unsaturated/α-hetero) is 1. The van der Waals surface area contributed by atoms with Gasteiger partial charge in [0.2, 0.25) is 5.89 Å². The molecule has 0 bridgehead atoms. The van der Waals surface area contributed by atoms with Crippen molar-refractivity contribution in [1.29, 1.82) is 0 Å². The Labute approximate surface area is 174 Å². The van der Waals surface area contributed by atoms with Crippen LogP contribution in [0.4, 0.5) is 0 Å². The third-order valence-electron chi connectivity index (χ3n) is 4.49. The quantitative estimate of drug-likeness (QED) is 0.290. The SMILES string of the molecule is Cc1cc(C)cc(-c2nnc(S[C@H](C(=O)c3ccccc3)c3ccccc3)o2)c1. The summed E-state index contributed by atoms with van der Waals surface area (Å²) in [5.74, 6) is 0.464. The maximum Gasteiger partial charge on any atom is 0.277 e. The second-order valence-electron chi connectivity index (χ2n) is 6.89. The van der Waals surface area contributed by atoms with Crippen LogP contribution in [0.3, 0.4) is 0 Å². The Morgan fingerprint density at radius 3 is 2.14 bits per heavy atom. The number of nitrogens with zero attached hydrogens (tertiary/aromatic N) is 2. The molecule has 0 N–H and O–H groups in total. The summed E-state index contributed by atoms with van der Waals surface area (Å²) >= 11 is 1.28. The molecule has 4 aromatic rings. The van der Waals surface area contributed by atoms with Crippen LogP contribution in [0.15, 0.2) is 88.5 Å². The van der Waals surface area contributed by atoms with Crippen LogP contribution < -0.4 is 0 Å². The lowest BCUT2D eigenvalue weighted by Crippen LogP contribution is -2.10. The Morgan fingerprint density at radius 1 is 0.862 bits per heavy atom. The first-order valence-corrected chi connectivity index (χ1v) is 10.2. The van der Waals surface area contributed by atoms with Crippen molar-refractivity contribution in [2.45, 2.75) is 24.3 Å². The van der Waals surface area contributed by atoms with E-state index in [1.54, 1.807) is 0 Å². The Balaban J connectivity index is 1.65. The van der Waals surface area contributed by atoms with Gasteiger partial charge < -0.3 is 4.42 Å². The topological polar surface area (TPSA) is 56.0 Å². The molecule has 0 aliphatic heterocycles. The number of aromatic nitrogens is 2. The monoisotopic (exact) mass is 400 g/mol. The minimum absolute atomic E-state index is 0.00736. The molecular weight excluding hydrogens is 380 g/mol. The number of rotatable bonds is 6. The summed E-state index contributed by atoms with van der Waals surface area (Å²) in [5, 5.41) is 8.29. The van der Waals surface area contributed by atoms with E-state index in [0.29, 0.717) is 16.7 Å². The molecule has 0 spiro atoms.